The third-order valence-corrected chi connectivity index (χ3v) is 7.59. The summed E-state index contributed by atoms with van der Waals surface area (Å²) < 4.78 is 5.54. The molecule has 1 amide bonds. The van der Waals surface area contributed by atoms with E-state index in [1.807, 2.05) is 30.3 Å². The minimum Gasteiger partial charge on any atom is -0.452 e. The van der Waals surface area contributed by atoms with Crippen molar-refractivity contribution in [2.75, 3.05) is 6.61 Å². The van der Waals surface area contributed by atoms with E-state index in [-0.39, 0.29) is 12.5 Å². The van der Waals surface area contributed by atoms with Gasteiger partial charge in [-0.2, -0.15) is 0 Å². The lowest BCUT2D eigenvalue weighted by Crippen LogP contribution is -2.50. The van der Waals surface area contributed by atoms with Crippen LogP contribution in [0.15, 0.2) is 42.5 Å². The van der Waals surface area contributed by atoms with Crippen molar-refractivity contribution in [3.8, 4) is 11.4 Å². The lowest BCUT2D eigenvalue weighted by atomic mass is 9.88. The summed E-state index contributed by atoms with van der Waals surface area (Å²) in [6.07, 6.45) is 11.5. The molecule has 0 saturated heterocycles. The van der Waals surface area contributed by atoms with Crippen LogP contribution in [0.2, 0.25) is 0 Å². The molecule has 6 heteroatoms. The van der Waals surface area contributed by atoms with Gasteiger partial charge in [0.15, 0.2) is 6.61 Å². The zero-order chi connectivity index (χ0) is 24.2. The van der Waals surface area contributed by atoms with E-state index in [0.29, 0.717) is 17.6 Å². The van der Waals surface area contributed by atoms with Crippen molar-refractivity contribution in [2.45, 2.75) is 83.2 Å². The first-order chi connectivity index (χ1) is 17.1. The lowest BCUT2D eigenvalue weighted by Gasteiger charge is -2.41. The molecule has 2 aliphatic rings. The van der Waals surface area contributed by atoms with E-state index in [4.69, 9.17) is 4.74 Å². The molecule has 0 bridgehead atoms. The molecule has 35 heavy (non-hydrogen) atoms. The number of H-pyrrole nitrogens is 1. The van der Waals surface area contributed by atoms with Crippen molar-refractivity contribution in [2.24, 2.45) is 0 Å². The maximum Gasteiger partial charge on any atom is 0.338 e. The van der Waals surface area contributed by atoms with E-state index in [9.17, 15) is 9.59 Å². The van der Waals surface area contributed by atoms with Crippen molar-refractivity contribution in [3.05, 3.63) is 53.6 Å². The standard InChI is InChI=1S/C29H35N3O3/c1-20-12-14-21(15-13-20)28-30-25-17-16-22(18-26(25)31-28)29(34)35-19-27(33)32(23-8-4-2-5-9-23)24-10-6-3-7-11-24/h12-18,23-24H,2-11,19H2,1H3,(H,30,31). The number of hydrogen-bond donors (Lipinski definition) is 1. The highest BCUT2D eigenvalue weighted by atomic mass is 16.5. The number of carbonyl (C=O) groups is 2. The van der Waals surface area contributed by atoms with Crippen LogP contribution in [0.4, 0.5) is 0 Å². The van der Waals surface area contributed by atoms with Gasteiger partial charge in [0.2, 0.25) is 0 Å². The first-order valence-electron chi connectivity index (χ1n) is 13.1. The lowest BCUT2D eigenvalue weighted by molar-refractivity contribution is -0.141. The molecule has 5 rings (SSSR count). The highest BCUT2D eigenvalue weighted by Crippen LogP contribution is 2.30. The monoisotopic (exact) mass is 473 g/mol. The van der Waals surface area contributed by atoms with E-state index in [2.05, 4.69) is 21.8 Å². The summed E-state index contributed by atoms with van der Waals surface area (Å²) in [5.41, 5.74) is 4.16. The Kier molecular flexibility index (Phi) is 7.16. The summed E-state index contributed by atoms with van der Waals surface area (Å²) in [7, 11) is 0. The zero-order valence-electron chi connectivity index (χ0n) is 20.6. The second-order valence-corrected chi connectivity index (χ2v) is 10.1. The number of nitrogens with one attached hydrogen (secondary N) is 1. The molecular formula is C29H35N3O3. The third kappa shape index (κ3) is 5.42. The molecule has 2 aliphatic carbocycles. The fourth-order valence-electron chi connectivity index (χ4n) is 5.69. The van der Waals surface area contributed by atoms with Crippen LogP contribution in [0, 0.1) is 6.92 Å². The van der Waals surface area contributed by atoms with Gasteiger partial charge < -0.3 is 14.6 Å². The summed E-state index contributed by atoms with van der Waals surface area (Å²) >= 11 is 0. The number of fused-ring (bicyclic) bond motifs is 1. The summed E-state index contributed by atoms with van der Waals surface area (Å²) in [6.45, 7) is 1.86. The number of ether oxygens (including phenoxy) is 1. The van der Waals surface area contributed by atoms with Gasteiger partial charge in [-0.05, 0) is 50.8 Å². The minimum atomic E-state index is -0.473. The topological polar surface area (TPSA) is 75.3 Å². The third-order valence-electron chi connectivity index (χ3n) is 7.59. The Morgan fingerprint density at radius 1 is 0.914 bits per heavy atom. The number of benzene rings is 2. The summed E-state index contributed by atoms with van der Waals surface area (Å²) in [5.74, 6) is 0.247. The number of carbonyl (C=O) groups excluding carboxylic acids is 2. The quantitative estimate of drug-likeness (QED) is 0.433. The summed E-state index contributed by atoms with van der Waals surface area (Å²) in [4.78, 5) is 36.2. The largest absolute Gasteiger partial charge is 0.452 e. The van der Waals surface area contributed by atoms with Gasteiger partial charge in [0.1, 0.15) is 5.82 Å². The van der Waals surface area contributed by atoms with Gasteiger partial charge in [-0.25, -0.2) is 9.78 Å². The average Bonchev–Trinajstić information content (AvgIpc) is 3.32. The Morgan fingerprint density at radius 3 is 2.17 bits per heavy atom. The van der Waals surface area contributed by atoms with Gasteiger partial charge >= 0.3 is 5.97 Å². The predicted octanol–water partition coefficient (Wildman–Crippen LogP) is 6.19. The van der Waals surface area contributed by atoms with Gasteiger partial charge in [-0.1, -0.05) is 68.4 Å². The maximum atomic E-state index is 13.3. The van der Waals surface area contributed by atoms with E-state index in [1.165, 1.54) is 44.1 Å². The van der Waals surface area contributed by atoms with Crippen LogP contribution in [0.5, 0.6) is 0 Å². The summed E-state index contributed by atoms with van der Waals surface area (Å²) in [5, 5.41) is 0. The molecule has 2 aromatic carbocycles. The molecule has 0 aliphatic heterocycles. The van der Waals surface area contributed by atoms with Gasteiger partial charge in [-0.15, -0.1) is 0 Å². The maximum absolute atomic E-state index is 13.3. The van der Waals surface area contributed by atoms with E-state index in [1.54, 1.807) is 12.1 Å². The van der Waals surface area contributed by atoms with Crippen molar-refractivity contribution in [1.29, 1.82) is 0 Å². The molecule has 0 unspecified atom stereocenters. The van der Waals surface area contributed by atoms with Gasteiger partial charge in [0.25, 0.3) is 5.91 Å². The van der Waals surface area contributed by atoms with Crippen LogP contribution in [-0.2, 0) is 9.53 Å². The van der Waals surface area contributed by atoms with Gasteiger partial charge in [-0.3, -0.25) is 4.79 Å². The molecule has 0 radical (unpaired) electrons. The number of hydrogen-bond acceptors (Lipinski definition) is 4. The Morgan fingerprint density at radius 2 is 1.54 bits per heavy atom. The Hall–Kier alpha value is -3.15. The molecule has 184 valence electrons. The second kappa shape index (κ2) is 10.6. The number of aromatic amines is 1. The van der Waals surface area contributed by atoms with Crippen molar-refractivity contribution >= 4 is 22.9 Å². The molecule has 2 saturated carbocycles. The minimum absolute atomic E-state index is 0.0403. The number of aromatic nitrogens is 2. The fourth-order valence-corrected chi connectivity index (χ4v) is 5.69. The van der Waals surface area contributed by atoms with E-state index < -0.39 is 5.97 Å². The molecule has 1 aromatic heterocycles. The first kappa shape index (κ1) is 23.6. The molecule has 2 fully saturated rings. The van der Waals surface area contributed by atoms with Crippen LogP contribution in [0.1, 0.15) is 80.1 Å². The Bertz CT molecular complexity index is 1150. The average molecular weight is 474 g/mol. The molecule has 1 N–H and O–H groups in total. The smallest absolute Gasteiger partial charge is 0.338 e. The van der Waals surface area contributed by atoms with Gasteiger partial charge in [0.05, 0.1) is 16.6 Å². The van der Waals surface area contributed by atoms with Gasteiger partial charge in [0, 0.05) is 17.6 Å². The van der Waals surface area contributed by atoms with Crippen molar-refractivity contribution < 1.29 is 14.3 Å². The predicted molar refractivity (Wildman–Crippen MR) is 137 cm³/mol. The normalized spacial score (nSPS) is 17.4. The molecule has 1 heterocycles. The number of esters is 1. The Balaban J connectivity index is 1.26. The number of nitrogens with zero attached hydrogens (tertiary/aromatic N) is 2. The molecule has 3 aromatic rings. The van der Waals surface area contributed by atoms with Crippen LogP contribution in [0.3, 0.4) is 0 Å². The SMILES string of the molecule is Cc1ccc(-c2nc3ccc(C(=O)OCC(=O)N(C4CCCCC4)C4CCCCC4)cc3[nH]2)cc1. The van der Waals surface area contributed by atoms with E-state index in [0.717, 1.165) is 48.1 Å². The summed E-state index contributed by atoms with van der Waals surface area (Å²) in [6, 6.07) is 14.0. The number of imidazole rings is 1. The zero-order valence-corrected chi connectivity index (χ0v) is 20.6. The number of amides is 1. The molecule has 0 spiro atoms. The fraction of sp³-hybridized carbons (Fsp3) is 0.483. The van der Waals surface area contributed by atoms with Crippen LogP contribution < -0.4 is 0 Å². The van der Waals surface area contributed by atoms with Crippen molar-refractivity contribution in [1.82, 2.24) is 14.9 Å². The second-order valence-electron chi connectivity index (χ2n) is 10.1. The van der Waals surface area contributed by atoms with Crippen LogP contribution in [-0.4, -0.2) is 45.4 Å². The molecular weight excluding hydrogens is 438 g/mol. The van der Waals surface area contributed by atoms with Crippen LogP contribution in [0.25, 0.3) is 22.4 Å². The molecule has 6 nitrogen and oxygen atoms in total. The van der Waals surface area contributed by atoms with Crippen molar-refractivity contribution in [3.63, 3.8) is 0 Å². The first-order valence-corrected chi connectivity index (χ1v) is 13.1. The highest BCUT2D eigenvalue weighted by Gasteiger charge is 2.32. The number of rotatable bonds is 6. The van der Waals surface area contributed by atoms with E-state index >= 15 is 0 Å². The highest BCUT2D eigenvalue weighted by molar-refractivity contribution is 5.95. The number of aryl methyl sites for hydroxylation is 1. The Labute approximate surface area is 207 Å². The molecule has 0 atom stereocenters. The van der Waals surface area contributed by atoms with Crippen LogP contribution >= 0.6 is 0 Å².